The average Bonchev–Trinajstić information content (AvgIpc) is 3.23. The first-order chi connectivity index (χ1) is 15.3. The van der Waals surface area contributed by atoms with E-state index in [9.17, 15) is 23.3 Å². The second-order valence-electron chi connectivity index (χ2n) is 7.29. The summed E-state index contributed by atoms with van der Waals surface area (Å²) in [5.41, 5.74) is 2.92. The lowest BCUT2D eigenvalue weighted by atomic mass is 10.1. The van der Waals surface area contributed by atoms with Crippen LogP contribution in [0.25, 0.3) is 11.0 Å². The van der Waals surface area contributed by atoms with Crippen molar-refractivity contribution in [3.8, 4) is 0 Å². The molecule has 0 unspecified atom stereocenters. The largest absolute Gasteiger partial charge is 0.334 e. The number of fused-ring (bicyclic) bond motifs is 2. The number of hydrogen-bond donors (Lipinski definition) is 4. The Bertz CT molecular complexity index is 1560. The van der Waals surface area contributed by atoms with Crippen LogP contribution in [0.2, 0.25) is 0 Å². The molecule has 4 aromatic rings. The summed E-state index contributed by atoms with van der Waals surface area (Å²) in [6.45, 7) is 0. The second kappa shape index (κ2) is 7.16. The summed E-state index contributed by atoms with van der Waals surface area (Å²) in [5.74, 6) is 0.0280. The summed E-state index contributed by atoms with van der Waals surface area (Å²) in [6, 6.07) is 10.0. The smallest absolute Gasteiger partial charge is 0.329 e. The third-order valence-electron chi connectivity index (χ3n) is 4.96. The van der Waals surface area contributed by atoms with E-state index in [0.29, 0.717) is 28.0 Å². The van der Waals surface area contributed by atoms with Crippen molar-refractivity contribution in [2.75, 3.05) is 10.6 Å². The van der Waals surface area contributed by atoms with Gasteiger partial charge in [0.1, 0.15) is 6.20 Å². The van der Waals surface area contributed by atoms with Crippen LogP contribution in [0.1, 0.15) is 11.1 Å². The molecule has 0 atom stereocenters. The number of nitrogens with one attached hydrogen (secondary N) is 4. The van der Waals surface area contributed by atoms with Crippen LogP contribution >= 0.6 is 0 Å². The molecule has 162 valence electrons. The van der Waals surface area contributed by atoms with Crippen LogP contribution in [-0.4, -0.2) is 33.3 Å². The summed E-state index contributed by atoms with van der Waals surface area (Å²) in [6.07, 6.45) is 1.08. The Hall–Kier alpha value is -4.26. The van der Waals surface area contributed by atoms with Crippen molar-refractivity contribution in [1.29, 1.82) is 0 Å². The first-order valence-electron chi connectivity index (χ1n) is 9.35. The molecule has 0 aliphatic carbocycles. The lowest BCUT2D eigenvalue weighted by molar-refractivity contribution is -0.384. The minimum atomic E-state index is -3.13. The number of imidazole rings is 1. The first kappa shape index (κ1) is 19.7. The van der Waals surface area contributed by atoms with Crippen molar-refractivity contribution in [3.05, 3.63) is 74.3 Å². The standard InChI is InChI=1S/C19H15N7O5S/c27-19-23-14-4-3-13(6-15(14)24-19)21-17-16(26(28)29)7-20-18(25-17)22-12-2-1-10-8-32(30,31)9-11(10)5-12/h1-7H,8-9H2,(H2,23,24,27)(H2,20,21,22,25). The summed E-state index contributed by atoms with van der Waals surface area (Å²) in [7, 11) is -3.13. The minimum absolute atomic E-state index is 0.0153. The van der Waals surface area contributed by atoms with Gasteiger partial charge in [-0.1, -0.05) is 6.07 Å². The van der Waals surface area contributed by atoms with Crippen LogP contribution in [0.4, 0.5) is 28.8 Å². The van der Waals surface area contributed by atoms with Crippen molar-refractivity contribution >= 4 is 49.7 Å². The predicted octanol–water partition coefficient (Wildman–Crippen LogP) is 2.47. The number of aromatic amines is 2. The van der Waals surface area contributed by atoms with Gasteiger partial charge in [0.25, 0.3) is 0 Å². The molecular weight excluding hydrogens is 438 g/mol. The molecule has 1 aliphatic heterocycles. The van der Waals surface area contributed by atoms with E-state index in [0.717, 1.165) is 11.8 Å². The molecule has 2 aromatic carbocycles. The normalized spacial score (nSPS) is 14.2. The highest BCUT2D eigenvalue weighted by molar-refractivity contribution is 7.90. The van der Waals surface area contributed by atoms with Crippen LogP contribution in [0.15, 0.2) is 47.4 Å². The van der Waals surface area contributed by atoms with E-state index < -0.39 is 14.8 Å². The number of nitro groups is 1. The SMILES string of the molecule is O=c1[nH]c2ccc(Nc3nc(Nc4ccc5c(c4)CS(=O)(=O)C5)ncc3[N+](=O)[O-])cc2[nH]1. The van der Waals surface area contributed by atoms with Gasteiger partial charge in [-0.3, -0.25) is 10.1 Å². The zero-order valence-electron chi connectivity index (χ0n) is 16.2. The number of rotatable bonds is 5. The Morgan fingerprint density at radius 1 is 0.969 bits per heavy atom. The minimum Gasteiger partial charge on any atom is -0.334 e. The number of nitrogens with zero attached hydrogens (tertiary/aromatic N) is 3. The van der Waals surface area contributed by atoms with Crippen molar-refractivity contribution < 1.29 is 13.3 Å². The highest BCUT2D eigenvalue weighted by atomic mass is 32.2. The Labute approximate surface area is 179 Å². The second-order valence-corrected chi connectivity index (χ2v) is 9.35. The Balaban J connectivity index is 1.45. The van der Waals surface area contributed by atoms with Crippen LogP contribution in [-0.2, 0) is 21.3 Å². The Morgan fingerprint density at radius 3 is 2.50 bits per heavy atom. The molecule has 2 aromatic heterocycles. The fourth-order valence-corrected chi connectivity index (χ4v) is 5.14. The molecule has 0 spiro atoms. The molecule has 0 amide bonds. The van der Waals surface area contributed by atoms with Gasteiger partial charge in [0.05, 0.1) is 27.5 Å². The lowest BCUT2D eigenvalue weighted by Crippen LogP contribution is -2.05. The number of aromatic nitrogens is 4. The molecule has 0 saturated heterocycles. The lowest BCUT2D eigenvalue weighted by Gasteiger charge is -2.10. The van der Waals surface area contributed by atoms with E-state index in [4.69, 9.17) is 0 Å². The third kappa shape index (κ3) is 3.76. The molecule has 0 saturated carbocycles. The van der Waals surface area contributed by atoms with Gasteiger partial charge in [-0.05, 0) is 41.5 Å². The van der Waals surface area contributed by atoms with Gasteiger partial charge < -0.3 is 20.6 Å². The van der Waals surface area contributed by atoms with Crippen LogP contribution < -0.4 is 16.3 Å². The molecule has 1 aliphatic rings. The third-order valence-corrected chi connectivity index (χ3v) is 6.46. The number of hydrogen-bond acceptors (Lipinski definition) is 9. The zero-order chi connectivity index (χ0) is 22.5. The monoisotopic (exact) mass is 453 g/mol. The molecule has 0 radical (unpaired) electrons. The molecule has 12 nitrogen and oxygen atoms in total. The van der Waals surface area contributed by atoms with Gasteiger partial charge in [0, 0.05) is 11.4 Å². The fraction of sp³-hybridized carbons (Fsp3) is 0.105. The van der Waals surface area contributed by atoms with E-state index in [1.165, 1.54) is 0 Å². The molecule has 13 heteroatoms. The quantitative estimate of drug-likeness (QED) is 0.261. The topological polar surface area (TPSA) is 176 Å². The number of benzene rings is 2. The maximum atomic E-state index is 11.8. The fourth-order valence-electron chi connectivity index (χ4n) is 3.54. The van der Waals surface area contributed by atoms with Gasteiger partial charge in [0.15, 0.2) is 9.84 Å². The van der Waals surface area contributed by atoms with E-state index in [-0.39, 0.29) is 34.6 Å². The molecule has 4 N–H and O–H groups in total. The van der Waals surface area contributed by atoms with Gasteiger partial charge in [-0.25, -0.2) is 18.2 Å². The summed E-state index contributed by atoms with van der Waals surface area (Å²) >= 11 is 0. The Morgan fingerprint density at radius 2 is 1.69 bits per heavy atom. The van der Waals surface area contributed by atoms with E-state index in [1.807, 2.05) is 0 Å². The maximum Gasteiger partial charge on any atom is 0.329 e. The zero-order valence-corrected chi connectivity index (χ0v) is 17.1. The van der Waals surface area contributed by atoms with Crippen LogP contribution in [0.3, 0.4) is 0 Å². The van der Waals surface area contributed by atoms with Crippen molar-refractivity contribution in [1.82, 2.24) is 19.9 Å². The van der Waals surface area contributed by atoms with E-state index in [2.05, 4.69) is 30.6 Å². The molecule has 32 heavy (non-hydrogen) atoms. The number of sulfone groups is 1. The van der Waals surface area contributed by atoms with Gasteiger partial charge in [-0.2, -0.15) is 4.98 Å². The van der Waals surface area contributed by atoms with Gasteiger partial charge >= 0.3 is 11.4 Å². The highest BCUT2D eigenvalue weighted by Crippen LogP contribution is 2.30. The summed E-state index contributed by atoms with van der Waals surface area (Å²) in [4.78, 5) is 35.7. The predicted molar refractivity (Wildman–Crippen MR) is 117 cm³/mol. The molecular formula is C19H15N7O5S. The van der Waals surface area contributed by atoms with E-state index >= 15 is 0 Å². The van der Waals surface area contributed by atoms with Crippen molar-refractivity contribution in [3.63, 3.8) is 0 Å². The summed E-state index contributed by atoms with van der Waals surface area (Å²) < 4.78 is 23.6. The number of anilines is 4. The van der Waals surface area contributed by atoms with E-state index in [1.54, 1.807) is 36.4 Å². The van der Waals surface area contributed by atoms with Gasteiger partial charge in [0.2, 0.25) is 11.8 Å². The van der Waals surface area contributed by atoms with Gasteiger partial charge in [-0.15, -0.1) is 0 Å². The number of H-pyrrole nitrogens is 2. The highest BCUT2D eigenvalue weighted by Gasteiger charge is 2.25. The van der Waals surface area contributed by atoms with Crippen molar-refractivity contribution in [2.45, 2.75) is 11.5 Å². The summed E-state index contributed by atoms with van der Waals surface area (Å²) in [5, 5.41) is 17.3. The van der Waals surface area contributed by atoms with Crippen LogP contribution in [0, 0.1) is 10.1 Å². The first-order valence-corrected chi connectivity index (χ1v) is 11.2. The average molecular weight is 453 g/mol. The molecule has 5 rings (SSSR count). The molecule has 0 fully saturated rings. The van der Waals surface area contributed by atoms with Crippen molar-refractivity contribution in [2.24, 2.45) is 0 Å². The maximum absolute atomic E-state index is 11.8. The van der Waals surface area contributed by atoms with Crippen LogP contribution in [0.5, 0.6) is 0 Å². The molecule has 0 bridgehead atoms. The Kier molecular flexibility index (Phi) is 4.41. The molecule has 3 heterocycles.